The van der Waals surface area contributed by atoms with Crippen molar-refractivity contribution in [2.24, 2.45) is 5.41 Å². The molecule has 1 unspecified atom stereocenters. The first-order chi connectivity index (χ1) is 10.1. The molecule has 0 amide bonds. The highest BCUT2D eigenvalue weighted by Gasteiger charge is 2.44. The zero-order valence-corrected chi connectivity index (χ0v) is 13.7. The lowest BCUT2D eigenvalue weighted by Crippen LogP contribution is -2.33. The Hall–Kier alpha value is -1.15. The van der Waals surface area contributed by atoms with E-state index in [9.17, 15) is 8.42 Å². The van der Waals surface area contributed by atoms with Gasteiger partial charge in [0.05, 0.1) is 0 Å². The van der Waals surface area contributed by atoms with E-state index in [1.165, 1.54) is 0 Å². The first kappa shape index (κ1) is 15.7. The molecule has 2 fully saturated rings. The highest BCUT2D eigenvalue weighted by Crippen LogP contribution is 2.39. The minimum Gasteiger partial charge on any atom is -0.345 e. The van der Waals surface area contributed by atoms with Gasteiger partial charge in [-0.15, -0.1) is 12.4 Å². The zero-order valence-electron chi connectivity index (χ0n) is 12.1. The monoisotopic (exact) mass is 342 g/mol. The van der Waals surface area contributed by atoms with Crippen LogP contribution in [0.15, 0.2) is 29.4 Å². The van der Waals surface area contributed by atoms with Crippen molar-refractivity contribution in [3.05, 3.63) is 24.5 Å². The maximum absolute atomic E-state index is 12.9. The fraction of sp³-hybridized carbons (Fsp3) is 0.500. The number of halogens is 1. The smallest absolute Gasteiger partial charge is 0.245 e. The second-order valence-electron chi connectivity index (χ2n) is 6.07. The average molecular weight is 343 g/mol. The van der Waals surface area contributed by atoms with E-state index in [4.69, 9.17) is 0 Å². The minimum absolute atomic E-state index is 0. The number of fused-ring (bicyclic) bond motifs is 1. The summed E-state index contributed by atoms with van der Waals surface area (Å²) in [5.41, 5.74) is 0.754. The number of nitrogens with zero attached hydrogens (tertiary/aromatic N) is 2. The number of sulfonamides is 1. The molecule has 0 radical (unpaired) electrons. The Morgan fingerprint density at radius 3 is 2.95 bits per heavy atom. The quantitative estimate of drug-likeness (QED) is 0.863. The second-order valence-corrected chi connectivity index (χ2v) is 7.97. The van der Waals surface area contributed by atoms with Crippen molar-refractivity contribution in [1.29, 1.82) is 0 Å². The standard InChI is InChI=1S/C14H18N4O2S.ClH/c19-21(20,12-8-17-13-11(12)2-1-5-16-13)18-7-4-14(10-18)3-6-15-9-14;/h1-2,5,8,15H,3-4,6-7,9-10H2,(H,16,17);1H. The van der Waals surface area contributed by atoms with Gasteiger partial charge < -0.3 is 10.3 Å². The Labute approximate surface area is 135 Å². The van der Waals surface area contributed by atoms with Crippen LogP contribution in [0.1, 0.15) is 12.8 Å². The highest BCUT2D eigenvalue weighted by molar-refractivity contribution is 7.89. The van der Waals surface area contributed by atoms with Crippen LogP contribution < -0.4 is 5.32 Å². The van der Waals surface area contributed by atoms with Crippen molar-refractivity contribution in [3.8, 4) is 0 Å². The first-order valence-electron chi connectivity index (χ1n) is 7.24. The van der Waals surface area contributed by atoms with Crippen LogP contribution in [0.4, 0.5) is 0 Å². The molecule has 2 aromatic rings. The number of pyridine rings is 1. The molecule has 0 bridgehead atoms. The molecule has 1 atom stereocenters. The molecule has 6 nitrogen and oxygen atoms in total. The first-order valence-corrected chi connectivity index (χ1v) is 8.68. The molecule has 4 rings (SSSR count). The minimum atomic E-state index is -3.45. The summed E-state index contributed by atoms with van der Waals surface area (Å²) in [6.07, 6.45) is 5.23. The van der Waals surface area contributed by atoms with Gasteiger partial charge in [-0.25, -0.2) is 13.4 Å². The van der Waals surface area contributed by atoms with E-state index < -0.39 is 10.0 Å². The Balaban J connectivity index is 0.00000144. The summed E-state index contributed by atoms with van der Waals surface area (Å²) in [6.45, 7) is 3.14. The van der Waals surface area contributed by atoms with Crippen molar-refractivity contribution in [3.63, 3.8) is 0 Å². The van der Waals surface area contributed by atoms with E-state index in [0.29, 0.717) is 29.0 Å². The molecule has 8 heteroatoms. The van der Waals surface area contributed by atoms with E-state index in [-0.39, 0.29) is 17.8 Å². The summed E-state index contributed by atoms with van der Waals surface area (Å²) in [6, 6.07) is 3.57. The Bertz CT molecular complexity index is 783. The molecule has 1 spiro atoms. The predicted octanol–water partition coefficient (Wildman–Crippen LogP) is 1.36. The molecule has 2 aliphatic rings. The number of nitrogens with one attached hydrogen (secondary N) is 2. The van der Waals surface area contributed by atoms with Crippen LogP contribution in [-0.2, 0) is 10.0 Å². The van der Waals surface area contributed by atoms with Crippen LogP contribution in [-0.4, -0.2) is 48.9 Å². The topological polar surface area (TPSA) is 78.1 Å². The molecular formula is C14H19ClN4O2S. The number of hydrogen-bond donors (Lipinski definition) is 2. The van der Waals surface area contributed by atoms with Crippen LogP contribution in [0.25, 0.3) is 11.0 Å². The van der Waals surface area contributed by atoms with Gasteiger partial charge in [0.15, 0.2) is 0 Å². The van der Waals surface area contributed by atoms with Crippen molar-refractivity contribution in [2.75, 3.05) is 26.2 Å². The van der Waals surface area contributed by atoms with Crippen LogP contribution in [0, 0.1) is 5.41 Å². The lowest BCUT2D eigenvalue weighted by Gasteiger charge is -2.22. The van der Waals surface area contributed by atoms with Gasteiger partial charge in [0.2, 0.25) is 10.0 Å². The predicted molar refractivity (Wildman–Crippen MR) is 86.6 cm³/mol. The normalized spacial score (nSPS) is 25.8. The van der Waals surface area contributed by atoms with Crippen molar-refractivity contribution in [2.45, 2.75) is 17.7 Å². The average Bonchev–Trinajstić information content (AvgIpc) is 3.20. The van der Waals surface area contributed by atoms with Gasteiger partial charge in [-0.2, -0.15) is 4.31 Å². The van der Waals surface area contributed by atoms with Gasteiger partial charge in [-0.05, 0) is 36.9 Å². The fourth-order valence-electron chi connectivity index (χ4n) is 3.53. The van der Waals surface area contributed by atoms with E-state index in [1.54, 1.807) is 28.8 Å². The molecule has 4 heterocycles. The maximum Gasteiger partial charge on any atom is 0.245 e. The largest absolute Gasteiger partial charge is 0.345 e. The molecule has 2 saturated heterocycles. The summed E-state index contributed by atoms with van der Waals surface area (Å²) in [5.74, 6) is 0. The van der Waals surface area contributed by atoms with E-state index in [2.05, 4.69) is 15.3 Å². The van der Waals surface area contributed by atoms with Gasteiger partial charge >= 0.3 is 0 Å². The lowest BCUT2D eigenvalue weighted by atomic mass is 9.87. The van der Waals surface area contributed by atoms with Gasteiger partial charge in [0.25, 0.3) is 0 Å². The molecule has 0 aliphatic carbocycles. The summed E-state index contributed by atoms with van der Waals surface area (Å²) in [4.78, 5) is 7.46. The summed E-state index contributed by atoms with van der Waals surface area (Å²) >= 11 is 0. The second kappa shape index (κ2) is 5.49. The van der Waals surface area contributed by atoms with Gasteiger partial charge in [-0.1, -0.05) is 0 Å². The van der Waals surface area contributed by atoms with E-state index in [0.717, 1.165) is 25.9 Å². The van der Waals surface area contributed by atoms with Crippen molar-refractivity contribution in [1.82, 2.24) is 19.6 Å². The summed E-state index contributed by atoms with van der Waals surface area (Å²) in [5, 5.41) is 4.02. The summed E-state index contributed by atoms with van der Waals surface area (Å²) in [7, 11) is -3.45. The SMILES string of the molecule is Cl.O=S(=O)(c1c[nH]c2ncccc12)N1CCC2(CCNC2)C1. The highest BCUT2D eigenvalue weighted by atomic mass is 35.5. The fourth-order valence-corrected chi connectivity index (χ4v) is 5.23. The van der Waals surface area contributed by atoms with Crippen LogP contribution in [0.2, 0.25) is 0 Å². The molecule has 0 saturated carbocycles. The third kappa shape index (κ3) is 2.32. The molecule has 2 aliphatic heterocycles. The van der Waals surface area contributed by atoms with Crippen molar-refractivity contribution < 1.29 is 8.42 Å². The Morgan fingerprint density at radius 1 is 1.32 bits per heavy atom. The van der Waals surface area contributed by atoms with Crippen LogP contribution >= 0.6 is 12.4 Å². The van der Waals surface area contributed by atoms with Crippen LogP contribution in [0.5, 0.6) is 0 Å². The molecular weight excluding hydrogens is 324 g/mol. The number of rotatable bonds is 2. The van der Waals surface area contributed by atoms with Gasteiger partial charge in [0.1, 0.15) is 10.5 Å². The number of hydrogen-bond acceptors (Lipinski definition) is 4. The molecule has 120 valence electrons. The summed E-state index contributed by atoms with van der Waals surface area (Å²) < 4.78 is 27.4. The van der Waals surface area contributed by atoms with Gasteiger partial charge in [0, 0.05) is 37.4 Å². The molecule has 2 N–H and O–H groups in total. The maximum atomic E-state index is 12.9. The van der Waals surface area contributed by atoms with Crippen LogP contribution in [0.3, 0.4) is 0 Å². The Morgan fingerprint density at radius 2 is 2.18 bits per heavy atom. The third-order valence-electron chi connectivity index (χ3n) is 4.77. The number of aromatic nitrogens is 2. The van der Waals surface area contributed by atoms with E-state index >= 15 is 0 Å². The van der Waals surface area contributed by atoms with Crippen molar-refractivity contribution >= 4 is 33.5 Å². The molecule has 0 aromatic carbocycles. The van der Waals surface area contributed by atoms with E-state index in [1.807, 2.05) is 0 Å². The third-order valence-corrected chi connectivity index (χ3v) is 6.65. The lowest BCUT2D eigenvalue weighted by molar-refractivity contribution is 0.338. The zero-order chi connectivity index (χ0) is 14.5. The van der Waals surface area contributed by atoms with Gasteiger partial charge in [-0.3, -0.25) is 0 Å². The number of H-pyrrole nitrogens is 1. The number of aromatic amines is 1. The molecule has 22 heavy (non-hydrogen) atoms. The Kier molecular flexibility index (Phi) is 3.92. The molecule has 2 aromatic heterocycles.